The van der Waals surface area contributed by atoms with E-state index in [1.807, 2.05) is 6.92 Å². The van der Waals surface area contributed by atoms with Crippen LogP contribution in [0.3, 0.4) is 0 Å². The Morgan fingerprint density at radius 1 is 1.05 bits per heavy atom. The number of carbonyl (C=O) groups is 1. The second kappa shape index (κ2) is 13.7. The molecule has 4 aromatic rings. The zero-order valence-corrected chi connectivity index (χ0v) is 23.8. The largest absolute Gasteiger partial charge is 0.483 e. The number of halogens is 1. The second-order valence-electron chi connectivity index (χ2n) is 7.56. The van der Waals surface area contributed by atoms with Gasteiger partial charge in [0.1, 0.15) is 5.75 Å². The number of hydrogen-bond donors (Lipinski definition) is 2. The first-order chi connectivity index (χ1) is 16.9. The van der Waals surface area contributed by atoms with Gasteiger partial charge in [0, 0.05) is 40.1 Å². The molecule has 0 aliphatic heterocycles. The first-order valence-electron chi connectivity index (χ1n) is 10.8. The van der Waals surface area contributed by atoms with Gasteiger partial charge in [0.25, 0.3) is 5.91 Å². The smallest absolute Gasteiger partial charge is 0.256 e. The van der Waals surface area contributed by atoms with Crippen LogP contribution < -0.4 is 10.1 Å². The Labute approximate surface area is 241 Å². The molecule has 0 fully saturated rings. The summed E-state index contributed by atoms with van der Waals surface area (Å²) < 4.78 is 32.6. The van der Waals surface area contributed by atoms with E-state index in [9.17, 15) is 13.2 Å². The number of H-pyrrole nitrogens is 1. The van der Waals surface area contributed by atoms with Crippen LogP contribution in [0.1, 0.15) is 35.1 Å². The standard InChI is InChI=1S/C24H22ClN5O4S.Na.H2O/c1-2-6-18-19(7-5-10-22(18)35(32,33)17-13-11-16(25)12-14-17)24(31)26-20-8-3-4-9-21(20)34-15-23-27-29-30-28-23;;/h3-5,7-14H,2,6,15H2,1H3,(H,26,31)(H,27,28,29,30);;1H2. The van der Waals surface area contributed by atoms with Crippen molar-refractivity contribution in [1.29, 1.82) is 0 Å². The monoisotopic (exact) mass is 552 g/mol. The maximum absolute atomic E-state index is 13.4. The topological polar surface area (TPSA) is 158 Å². The Bertz CT molecular complexity index is 1430. The van der Waals surface area contributed by atoms with E-state index < -0.39 is 15.7 Å². The van der Waals surface area contributed by atoms with Gasteiger partial charge in [-0.3, -0.25) is 4.79 Å². The number of nitrogens with one attached hydrogen (secondary N) is 2. The van der Waals surface area contributed by atoms with Crippen molar-refractivity contribution < 1.29 is 23.4 Å². The third-order valence-electron chi connectivity index (χ3n) is 5.17. The van der Waals surface area contributed by atoms with E-state index in [-0.39, 0.29) is 57.0 Å². The maximum Gasteiger partial charge on any atom is 0.256 e. The summed E-state index contributed by atoms with van der Waals surface area (Å²) in [5, 5.41) is 16.8. The summed E-state index contributed by atoms with van der Waals surface area (Å²) >= 11 is 5.93. The Kier molecular flexibility index (Phi) is 11.2. The third-order valence-corrected chi connectivity index (χ3v) is 7.28. The van der Waals surface area contributed by atoms with E-state index in [2.05, 4.69) is 25.9 Å². The van der Waals surface area contributed by atoms with Crippen LogP contribution in [0.5, 0.6) is 5.75 Å². The molecule has 0 spiro atoms. The zero-order chi connectivity index (χ0) is 24.8. The average molecular weight is 553 g/mol. The predicted octanol–water partition coefficient (Wildman–Crippen LogP) is 3.26. The Morgan fingerprint density at radius 3 is 2.46 bits per heavy atom. The molecule has 13 heteroatoms. The van der Waals surface area contributed by atoms with Crippen molar-refractivity contribution in [3.05, 3.63) is 88.7 Å². The molecule has 37 heavy (non-hydrogen) atoms. The van der Waals surface area contributed by atoms with Gasteiger partial charge in [-0.25, -0.2) is 8.42 Å². The van der Waals surface area contributed by atoms with Crippen LogP contribution in [0.2, 0.25) is 5.02 Å². The van der Waals surface area contributed by atoms with Crippen molar-refractivity contribution in [2.45, 2.75) is 36.2 Å². The van der Waals surface area contributed by atoms with Crippen molar-refractivity contribution >= 4 is 62.6 Å². The summed E-state index contributed by atoms with van der Waals surface area (Å²) in [6.45, 7) is 1.98. The van der Waals surface area contributed by atoms with E-state index >= 15 is 0 Å². The van der Waals surface area contributed by atoms with Crippen LogP contribution in [-0.4, -0.2) is 70.0 Å². The van der Waals surface area contributed by atoms with E-state index in [0.29, 0.717) is 40.7 Å². The molecule has 10 nitrogen and oxygen atoms in total. The molecule has 0 aliphatic carbocycles. The molecule has 189 valence electrons. The molecule has 4 rings (SSSR count). The fourth-order valence-electron chi connectivity index (χ4n) is 3.55. The summed E-state index contributed by atoms with van der Waals surface area (Å²) in [4.78, 5) is 13.5. The van der Waals surface area contributed by atoms with Gasteiger partial charge >= 0.3 is 0 Å². The molecular weight excluding hydrogens is 529 g/mol. The predicted molar refractivity (Wildman–Crippen MR) is 140 cm³/mol. The molecule has 3 aromatic carbocycles. The minimum absolute atomic E-state index is 0. The molecular formula is C24H24ClN5NaO5S. The van der Waals surface area contributed by atoms with Gasteiger partial charge in [0.15, 0.2) is 6.61 Å². The van der Waals surface area contributed by atoms with Gasteiger partial charge in [-0.1, -0.05) is 48.4 Å². The first-order valence-corrected chi connectivity index (χ1v) is 12.6. The van der Waals surface area contributed by atoms with Gasteiger partial charge in [-0.15, -0.1) is 10.2 Å². The Balaban J connectivity index is 0.00000241. The Morgan fingerprint density at radius 2 is 1.78 bits per heavy atom. The molecule has 1 heterocycles. The summed E-state index contributed by atoms with van der Waals surface area (Å²) in [5.41, 5.74) is 1.15. The number of carbonyl (C=O) groups excluding carboxylic acids is 1. The molecule has 0 aliphatic rings. The first kappa shape index (κ1) is 30.4. The van der Waals surface area contributed by atoms with Gasteiger partial charge < -0.3 is 15.5 Å². The van der Waals surface area contributed by atoms with Crippen LogP contribution in [-0.2, 0) is 22.9 Å². The number of benzene rings is 3. The van der Waals surface area contributed by atoms with Crippen LogP contribution in [0.15, 0.2) is 76.5 Å². The van der Waals surface area contributed by atoms with Crippen molar-refractivity contribution in [3.8, 4) is 5.75 Å². The van der Waals surface area contributed by atoms with E-state index in [4.69, 9.17) is 16.3 Å². The minimum atomic E-state index is -3.87. The fourth-order valence-corrected chi connectivity index (χ4v) is 5.22. The maximum atomic E-state index is 13.4. The summed E-state index contributed by atoms with van der Waals surface area (Å²) in [7, 11) is -3.87. The number of tetrazole rings is 1. The van der Waals surface area contributed by atoms with E-state index in [1.54, 1.807) is 36.4 Å². The molecule has 1 radical (unpaired) electrons. The number of anilines is 1. The van der Waals surface area contributed by atoms with Crippen molar-refractivity contribution in [3.63, 3.8) is 0 Å². The van der Waals surface area contributed by atoms with E-state index in [1.165, 1.54) is 30.3 Å². The average Bonchev–Trinajstić information content (AvgIpc) is 3.38. The summed E-state index contributed by atoms with van der Waals surface area (Å²) in [5.74, 6) is 0.321. The summed E-state index contributed by atoms with van der Waals surface area (Å²) in [6.07, 6.45) is 1.06. The summed E-state index contributed by atoms with van der Waals surface area (Å²) in [6, 6.07) is 17.6. The molecule has 0 saturated carbocycles. The number of hydrogen-bond acceptors (Lipinski definition) is 7. The van der Waals surface area contributed by atoms with E-state index in [0.717, 1.165) is 0 Å². The van der Waals surface area contributed by atoms with Gasteiger partial charge in [0.2, 0.25) is 15.7 Å². The number of amides is 1. The SMILES string of the molecule is CCCc1c(C(=O)Nc2ccccc2OCc2nn[nH]n2)cccc1S(=O)(=O)c1ccc(Cl)cc1.O.[Na]. The van der Waals surface area contributed by atoms with Gasteiger partial charge in [-0.2, -0.15) is 5.21 Å². The normalized spacial score (nSPS) is 10.6. The molecule has 0 atom stereocenters. The van der Waals surface area contributed by atoms with Crippen molar-refractivity contribution in [1.82, 2.24) is 20.6 Å². The zero-order valence-electron chi connectivity index (χ0n) is 20.2. The molecule has 0 bridgehead atoms. The molecule has 4 N–H and O–H groups in total. The second-order valence-corrected chi connectivity index (χ2v) is 9.91. The van der Waals surface area contributed by atoms with Gasteiger partial charge in [-0.05, 0) is 60.5 Å². The minimum Gasteiger partial charge on any atom is -0.483 e. The number of nitrogens with zero attached hydrogens (tertiary/aromatic N) is 3. The number of sulfone groups is 1. The number of rotatable bonds is 9. The van der Waals surface area contributed by atoms with Crippen LogP contribution in [0.25, 0.3) is 0 Å². The van der Waals surface area contributed by atoms with Crippen molar-refractivity contribution in [2.24, 2.45) is 0 Å². The quantitative estimate of drug-likeness (QED) is 0.301. The molecule has 1 aromatic heterocycles. The number of aromatic amines is 1. The number of ether oxygens (including phenoxy) is 1. The Hall–Kier alpha value is -2.80. The molecule has 0 unspecified atom stereocenters. The number of aromatic nitrogens is 4. The van der Waals surface area contributed by atoms with Crippen LogP contribution in [0.4, 0.5) is 5.69 Å². The van der Waals surface area contributed by atoms with Crippen LogP contribution >= 0.6 is 11.6 Å². The van der Waals surface area contributed by atoms with Crippen molar-refractivity contribution in [2.75, 3.05) is 5.32 Å². The third kappa shape index (κ3) is 7.16. The number of para-hydroxylation sites is 2. The molecule has 1 amide bonds. The van der Waals surface area contributed by atoms with Gasteiger partial charge in [0.05, 0.1) is 15.5 Å². The fraction of sp³-hybridized carbons (Fsp3) is 0.167. The van der Waals surface area contributed by atoms with Crippen LogP contribution in [0, 0.1) is 0 Å². The molecule has 0 saturated heterocycles.